The van der Waals surface area contributed by atoms with Crippen LogP contribution in [0.2, 0.25) is 0 Å². The first-order valence-electron chi connectivity index (χ1n) is 9.02. The molecular weight excluding hydrogens is 342 g/mol. The van der Waals surface area contributed by atoms with Crippen molar-refractivity contribution in [3.05, 3.63) is 23.7 Å². The number of nitrogens with zero attached hydrogens (tertiary/aromatic N) is 1. The second-order valence-corrected chi connectivity index (χ2v) is 6.93. The van der Waals surface area contributed by atoms with Gasteiger partial charge in [0.1, 0.15) is 11.5 Å². The average Bonchev–Trinajstić information content (AvgIpc) is 3.02. The van der Waals surface area contributed by atoms with Gasteiger partial charge in [0.15, 0.2) is 0 Å². The standard InChI is InChI=1S/C18H29N3O3.ClH/c1-13-11-15(5-6-19-13)18(22)20-12-16(17-4-3-14(2)24-17)21-7-9-23-10-8-21;/h3-4,13,15-16,19H,5-12H2,1-2H3,(H,20,22);1H/t13-,15-,16?;/m0./s1. The van der Waals surface area contributed by atoms with Crippen molar-refractivity contribution >= 4 is 18.3 Å². The molecule has 0 radical (unpaired) electrons. The maximum atomic E-state index is 12.6. The molecule has 7 heteroatoms. The molecule has 3 heterocycles. The minimum atomic E-state index is 0. The lowest BCUT2D eigenvalue weighted by atomic mass is 9.92. The number of morpholine rings is 1. The Kier molecular flexibility index (Phi) is 7.75. The van der Waals surface area contributed by atoms with Gasteiger partial charge in [0.2, 0.25) is 5.91 Å². The van der Waals surface area contributed by atoms with Gasteiger partial charge in [0.05, 0.1) is 19.3 Å². The van der Waals surface area contributed by atoms with Crippen molar-refractivity contribution in [3.63, 3.8) is 0 Å². The molecule has 1 aromatic rings. The molecule has 0 aromatic carbocycles. The number of amides is 1. The van der Waals surface area contributed by atoms with Crippen molar-refractivity contribution in [3.8, 4) is 0 Å². The third kappa shape index (κ3) is 5.45. The van der Waals surface area contributed by atoms with Gasteiger partial charge in [-0.05, 0) is 45.4 Å². The lowest BCUT2D eigenvalue weighted by Crippen LogP contribution is -2.46. The van der Waals surface area contributed by atoms with Gasteiger partial charge in [0.25, 0.3) is 0 Å². The lowest BCUT2D eigenvalue weighted by Gasteiger charge is -2.34. The molecule has 3 rings (SSSR count). The van der Waals surface area contributed by atoms with Gasteiger partial charge in [-0.1, -0.05) is 0 Å². The SMILES string of the molecule is Cc1ccc(C(CNC(=O)[C@H]2CCN[C@@H](C)C2)N2CCOCC2)o1.Cl. The Morgan fingerprint density at radius 1 is 1.40 bits per heavy atom. The van der Waals surface area contributed by atoms with E-state index in [9.17, 15) is 4.79 Å². The van der Waals surface area contributed by atoms with E-state index in [2.05, 4.69) is 22.5 Å². The Balaban J connectivity index is 0.00000225. The molecule has 0 aliphatic carbocycles. The molecule has 0 spiro atoms. The van der Waals surface area contributed by atoms with Crippen LogP contribution in [0.25, 0.3) is 0 Å². The number of hydrogen-bond donors (Lipinski definition) is 2. The zero-order valence-corrected chi connectivity index (χ0v) is 15.9. The molecule has 0 saturated carbocycles. The number of aryl methyl sites for hydroxylation is 1. The summed E-state index contributed by atoms with van der Waals surface area (Å²) in [5, 5.41) is 6.56. The van der Waals surface area contributed by atoms with Crippen molar-refractivity contribution < 1.29 is 13.9 Å². The van der Waals surface area contributed by atoms with Crippen LogP contribution in [-0.2, 0) is 9.53 Å². The molecule has 2 saturated heterocycles. The number of rotatable bonds is 5. The van der Waals surface area contributed by atoms with Gasteiger partial charge in [-0.2, -0.15) is 0 Å². The highest BCUT2D eigenvalue weighted by molar-refractivity contribution is 5.85. The summed E-state index contributed by atoms with van der Waals surface area (Å²) in [6.07, 6.45) is 1.83. The molecule has 25 heavy (non-hydrogen) atoms. The molecule has 1 unspecified atom stereocenters. The van der Waals surface area contributed by atoms with Crippen LogP contribution in [0, 0.1) is 12.8 Å². The molecule has 1 amide bonds. The molecule has 3 atom stereocenters. The molecule has 2 N–H and O–H groups in total. The van der Waals surface area contributed by atoms with Crippen molar-refractivity contribution in [2.75, 3.05) is 39.4 Å². The average molecular weight is 372 g/mol. The first-order valence-corrected chi connectivity index (χ1v) is 9.02. The zero-order valence-electron chi connectivity index (χ0n) is 15.1. The van der Waals surface area contributed by atoms with Crippen molar-refractivity contribution in [1.82, 2.24) is 15.5 Å². The number of carbonyl (C=O) groups excluding carboxylic acids is 1. The van der Waals surface area contributed by atoms with Crippen LogP contribution >= 0.6 is 12.4 Å². The molecule has 6 nitrogen and oxygen atoms in total. The Hall–Kier alpha value is -1.08. The first kappa shape index (κ1) is 20.2. The quantitative estimate of drug-likeness (QED) is 0.827. The summed E-state index contributed by atoms with van der Waals surface area (Å²) < 4.78 is 11.3. The van der Waals surface area contributed by atoms with Crippen LogP contribution in [0.15, 0.2) is 16.5 Å². The van der Waals surface area contributed by atoms with Gasteiger partial charge in [-0.3, -0.25) is 9.69 Å². The largest absolute Gasteiger partial charge is 0.465 e. The number of halogens is 1. The molecule has 2 aliphatic heterocycles. The summed E-state index contributed by atoms with van der Waals surface area (Å²) in [6, 6.07) is 4.50. The Labute approximate surface area is 156 Å². The maximum absolute atomic E-state index is 12.6. The van der Waals surface area contributed by atoms with Crippen molar-refractivity contribution in [1.29, 1.82) is 0 Å². The second kappa shape index (κ2) is 9.57. The third-order valence-electron chi connectivity index (χ3n) is 5.04. The fraction of sp³-hybridized carbons (Fsp3) is 0.722. The van der Waals surface area contributed by atoms with Gasteiger partial charge in [-0.15, -0.1) is 12.4 Å². The maximum Gasteiger partial charge on any atom is 0.223 e. The Morgan fingerprint density at radius 2 is 2.16 bits per heavy atom. The number of furan rings is 1. The van der Waals surface area contributed by atoms with E-state index in [0.717, 1.165) is 57.2 Å². The summed E-state index contributed by atoms with van der Waals surface area (Å²) in [6.45, 7) is 8.80. The fourth-order valence-electron chi connectivity index (χ4n) is 3.64. The third-order valence-corrected chi connectivity index (χ3v) is 5.04. The number of hydrogen-bond acceptors (Lipinski definition) is 5. The van der Waals surface area contributed by atoms with E-state index in [1.807, 2.05) is 19.1 Å². The zero-order chi connectivity index (χ0) is 16.9. The summed E-state index contributed by atoms with van der Waals surface area (Å²) in [5.74, 6) is 2.12. The van der Waals surface area contributed by atoms with E-state index >= 15 is 0 Å². The summed E-state index contributed by atoms with van der Waals surface area (Å²) in [7, 11) is 0. The molecular formula is C18H30ClN3O3. The van der Waals surface area contributed by atoms with Crippen LogP contribution in [0.3, 0.4) is 0 Å². The normalized spacial score (nSPS) is 25.8. The smallest absolute Gasteiger partial charge is 0.223 e. The number of carbonyl (C=O) groups is 1. The lowest BCUT2D eigenvalue weighted by molar-refractivity contribution is -0.126. The van der Waals surface area contributed by atoms with Gasteiger partial charge in [0, 0.05) is 31.6 Å². The topological polar surface area (TPSA) is 66.7 Å². The summed E-state index contributed by atoms with van der Waals surface area (Å²) in [5.41, 5.74) is 0. The molecule has 1 aromatic heterocycles. The Bertz CT molecular complexity index is 545. The van der Waals surface area contributed by atoms with Crippen LogP contribution in [0.5, 0.6) is 0 Å². The van der Waals surface area contributed by atoms with Crippen LogP contribution in [0.1, 0.15) is 37.3 Å². The minimum Gasteiger partial charge on any atom is -0.465 e. The first-order chi connectivity index (χ1) is 11.6. The predicted octanol–water partition coefficient (Wildman–Crippen LogP) is 1.89. The summed E-state index contributed by atoms with van der Waals surface area (Å²) >= 11 is 0. The second-order valence-electron chi connectivity index (χ2n) is 6.93. The number of piperidine rings is 1. The monoisotopic (exact) mass is 371 g/mol. The fourth-order valence-corrected chi connectivity index (χ4v) is 3.64. The van der Waals surface area contributed by atoms with Crippen LogP contribution in [-0.4, -0.2) is 56.2 Å². The highest BCUT2D eigenvalue weighted by Crippen LogP contribution is 2.24. The highest BCUT2D eigenvalue weighted by Gasteiger charge is 2.28. The van der Waals surface area contributed by atoms with Gasteiger partial charge >= 0.3 is 0 Å². The minimum absolute atomic E-state index is 0. The van der Waals surface area contributed by atoms with Gasteiger partial charge in [-0.25, -0.2) is 0 Å². The molecule has 2 aliphatic rings. The van der Waals surface area contributed by atoms with Crippen LogP contribution in [0.4, 0.5) is 0 Å². The van der Waals surface area contributed by atoms with E-state index < -0.39 is 0 Å². The number of nitrogens with one attached hydrogen (secondary N) is 2. The molecule has 142 valence electrons. The van der Waals surface area contributed by atoms with Gasteiger partial charge < -0.3 is 19.8 Å². The Morgan fingerprint density at radius 3 is 2.80 bits per heavy atom. The predicted molar refractivity (Wildman–Crippen MR) is 99.0 cm³/mol. The van der Waals surface area contributed by atoms with E-state index in [1.165, 1.54) is 0 Å². The van der Waals surface area contributed by atoms with Crippen molar-refractivity contribution in [2.24, 2.45) is 5.92 Å². The molecule has 2 fully saturated rings. The highest BCUT2D eigenvalue weighted by atomic mass is 35.5. The number of ether oxygens (including phenoxy) is 1. The van der Waals surface area contributed by atoms with E-state index in [4.69, 9.17) is 9.15 Å². The van der Waals surface area contributed by atoms with Crippen molar-refractivity contribution in [2.45, 2.75) is 38.8 Å². The van der Waals surface area contributed by atoms with Crippen LogP contribution < -0.4 is 10.6 Å². The van der Waals surface area contributed by atoms with E-state index in [0.29, 0.717) is 12.6 Å². The summed E-state index contributed by atoms with van der Waals surface area (Å²) in [4.78, 5) is 14.9. The van der Waals surface area contributed by atoms with E-state index in [1.54, 1.807) is 0 Å². The van der Waals surface area contributed by atoms with E-state index in [-0.39, 0.29) is 30.3 Å². The molecule has 0 bridgehead atoms.